The number of amides is 1. The van der Waals surface area contributed by atoms with Gasteiger partial charge in [-0.2, -0.15) is 4.98 Å². The molecule has 1 aromatic rings. The van der Waals surface area contributed by atoms with Crippen LogP contribution in [0.5, 0.6) is 0 Å². The van der Waals surface area contributed by atoms with Gasteiger partial charge in [-0.25, -0.2) is 4.79 Å². The molecule has 0 spiro atoms. The fourth-order valence-corrected chi connectivity index (χ4v) is 1.69. The molecule has 3 N–H and O–H groups in total. The first-order valence-electron chi connectivity index (χ1n) is 5.33. The highest BCUT2D eigenvalue weighted by molar-refractivity contribution is 5.87. The molecule has 2 heterocycles. The van der Waals surface area contributed by atoms with Crippen molar-refractivity contribution >= 4 is 11.7 Å². The lowest BCUT2D eigenvalue weighted by Gasteiger charge is -2.17. The third-order valence-electron chi connectivity index (χ3n) is 2.53. The Morgan fingerprint density at radius 1 is 1.61 bits per heavy atom. The zero-order valence-electron chi connectivity index (χ0n) is 9.61. The van der Waals surface area contributed by atoms with Crippen LogP contribution in [-0.2, 0) is 9.53 Å². The third-order valence-corrected chi connectivity index (χ3v) is 2.53. The van der Waals surface area contributed by atoms with Crippen LogP contribution in [0.4, 0.5) is 5.82 Å². The predicted octanol–water partition coefficient (Wildman–Crippen LogP) is -1.55. The number of aromatic nitrogens is 2. The first kappa shape index (κ1) is 12.7. The number of hydrogen-bond acceptors (Lipinski definition) is 6. The summed E-state index contributed by atoms with van der Waals surface area (Å²) in [6, 6.07) is 1.41. The average molecular weight is 255 g/mol. The van der Waals surface area contributed by atoms with Crippen molar-refractivity contribution in [2.45, 2.75) is 25.4 Å². The molecule has 8 nitrogen and oxygen atoms in total. The molecule has 3 atom stereocenters. The van der Waals surface area contributed by atoms with Gasteiger partial charge in [0.05, 0.1) is 6.61 Å². The molecule has 0 aromatic carbocycles. The molecule has 0 aliphatic carbocycles. The fraction of sp³-hybridized carbons (Fsp3) is 0.500. The van der Waals surface area contributed by atoms with Crippen LogP contribution in [0.1, 0.15) is 13.2 Å². The number of carbonyl (C=O) groups excluding carboxylic acids is 1. The van der Waals surface area contributed by atoms with Crippen molar-refractivity contribution < 1.29 is 19.7 Å². The van der Waals surface area contributed by atoms with Gasteiger partial charge in [-0.1, -0.05) is 0 Å². The van der Waals surface area contributed by atoms with Gasteiger partial charge >= 0.3 is 5.69 Å². The number of anilines is 1. The molecule has 1 aliphatic rings. The van der Waals surface area contributed by atoms with Crippen LogP contribution in [0.3, 0.4) is 0 Å². The summed E-state index contributed by atoms with van der Waals surface area (Å²) in [6.45, 7) is 1.25. The molecule has 0 saturated carbocycles. The molecule has 18 heavy (non-hydrogen) atoms. The Bertz CT molecular complexity index is 514. The Morgan fingerprint density at radius 3 is 2.83 bits per heavy atom. The lowest BCUT2D eigenvalue weighted by molar-refractivity contribution is -0.114. The molecule has 8 heteroatoms. The highest BCUT2D eigenvalue weighted by Crippen LogP contribution is 2.22. The minimum absolute atomic E-state index is 0.0499. The monoisotopic (exact) mass is 255 g/mol. The van der Waals surface area contributed by atoms with Crippen molar-refractivity contribution in [3.63, 3.8) is 0 Å². The van der Waals surface area contributed by atoms with Crippen LogP contribution >= 0.6 is 0 Å². The van der Waals surface area contributed by atoms with Crippen molar-refractivity contribution in [3.8, 4) is 0 Å². The van der Waals surface area contributed by atoms with Gasteiger partial charge in [0.15, 0.2) is 6.23 Å². The molecule has 1 saturated heterocycles. The molecule has 0 unspecified atom stereocenters. The minimum atomic E-state index is -1.18. The second-order valence-electron chi connectivity index (χ2n) is 3.97. The predicted molar refractivity (Wildman–Crippen MR) is 59.8 cm³/mol. The van der Waals surface area contributed by atoms with Gasteiger partial charge in [0.2, 0.25) is 5.91 Å². The van der Waals surface area contributed by atoms with Gasteiger partial charge in [-0.15, -0.1) is 0 Å². The second kappa shape index (κ2) is 4.84. The maximum Gasteiger partial charge on any atom is 0.351 e. The van der Waals surface area contributed by atoms with Crippen LogP contribution < -0.4 is 11.0 Å². The number of aliphatic hydroxyl groups excluding tert-OH is 2. The Balaban J connectivity index is 2.25. The number of hydrogen-bond donors (Lipinski definition) is 3. The van der Waals surface area contributed by atoms with E-state index < -0.39 is 24.1 Å². The molecule has 98 valence electrons. The van der Waals surface area contributed by atoms with Crippen molar-refractivity contribution in [1.82, 2.24) is 9.55 Å². The Labute approximate surface area is 102 Å². The molecule has 0 bridgehead atoms. The van der Waals surface area contributed by atoms with Gasteiger partial charge in [0.1, 0.15) is 18.0 Å². The van der Waals surface area contributed by atoms with Gasteiger partial charge in [0, 0.05) is 13.1 Å². The fourth-order valence-electron chi connectivity index (χ4n) is 1.69. The van der Waals surface area contributed by atoms with Crippen LogP contribution in [0.2, 0.25) is 0 Å². The van der Waals surface area contributed by atoms with E-state index in [1.54, 1.807) is 0 Å². The largest absolute Gasteiger partial charge is 0.388 e. The van der Waals surface area contributed by atoms with Crippen molar-refractivity contribution in [1.29, 1.82) is 0 Å². The molecular weight excluding hydrogens is 242 g/mol. The molecule has 1 amide bonds. The Hall–Kier alpha value is -1.77. The van der Waals surface area contributed by atoms with E-state index in [1.165, 1.54) is 19.2 Å². The first-order valence-corrected chi connectivity index (χ1v) is 5.33. The number of carbonyl (C=O) groups is 1. The number of rotatable bonds is 2. The summed E-state index contributed by atoms with van der Waals surface area (Å²) in [4.78, 5) is 26.1. The van der Waals surface area contributed by atoms with E-state index in [4.69, 9.17) is 4.74 Å². The molecule has 1 aliphatic heterocycles. The van der Waals surface area contributed by atoms with E-state index >= 15 is 0 Å². The summed E-state index contributed by atoms with van der Waals surface area (Å²) < 4.78 is 6.16. The molecule has 0 radical (unpaired) electrons. The van der Waals surface area contributed by atoms with Crippen LogP contribution in [-0.4, -0.2) is 44.5 Å². The lowest BCUT2D eigenvalue weighted by atomic mass is 10.2. The highest BCUT2D eigenvalue weighted by atomic mass is 16.5. The van der Waals surface area contributed by atoms with Crippen molar-refractivity contribution in [2.75, 3.05) is 11.9 Å². The van der Waals surface area contributed by atoms with Crippen LogP contribution in [0, 0.1) is 0 Å². The van der Waals surface area contributed by atoms with Crippen molar-refractivity contribution in [3.05, 3.63) is 22.7 Å². The summed E-state index contributed by atoms with van der Waals surface area (Å²) in [6.07, 6.45) is -1.84. The van der Waals surface area contributed by atoms with E-state index in [1.807, 2.05) is 0 Å². The van der Waals surface area contributed by atoms with Gasteiger partial charge in [-0.05, 0) is 6.07 Å². The number of aliphatic hydroxyl groups is 2. The van der Waals surface area contributed by atoms with E-state index in [0.717, 1.165) is 4.57 Å². The topological polar surface area (TPSA) is 114 Å². The zero-order valence-corrected chi connectivity index (χ0v) is 9.61. The van der Waals surface area contributed by atoms with Crippen LogP contribution in [0.25, 0.3) is 0 Å². The molecular formula is C10H13N3O5. The maximum atomic E-state index is 11.7. The highest BCUT2D eigenvalue weighted by Gasteiger charge is 2.36. The third kappa shape index (κ3) is 2.40. The van der Waals surface area contributed by atoms with Gasteiger partial charge in [-0.3, -0.25) is 9.36 Å². The summed E-state index contributed by atoms with van der Waals surface area (Å²) in [5.41, 5.74) is -0.681. The average Bonchev–Trinajstić information content (AvgIpc) is 2.60. The van der Waals surface area contributed by atoms with Crippen LogP contribution in [0.15, 0.2) is 17.1 Å². The van der Waals surface area contributed by atoms with Gasteiger partial charge < -0.3 is 20.3 Å². The Morgan fingerprint density at radius 2 is 2.33 bits per heavy atom. The number of nitrogens with one attached hydrogen (secondary N) is 1. The zero-order chi connectivity index (χ0) is 13.3. The summed E-state index contributed by atoms with van der Waals surface area (Å²) in [5, 5.41) is 21.3. The quantitative estimate of drug-likeness (QED) is 0.589. The van der Waals surface area contributed by atoms with E-state index in [0.29, 0.717) is 0 Å². The summed E-state index contributed by atoms with van der Waals surface area (Å²) in [7, 11) is 0. The van der Waals surface area contributed by atoms with E-state index in [-0.39, 0.29) is 18.3 Å². The standard InChI is InChI=1S/C10H13N3O5/c1-5(14)11-7-2-3-13(10(17)12-7)9-8(16)6(15)4-18-9/h2-3,6,8-9,15-16H,4H2,1H3,(H,11,12,14,17)/t6-,8+,9+/m0/s1. The van der Waals surface area contributed by atoms with Crippen molar-refractivity contribution in [2.24, 2.45) is 0 Å². The molecule has 1 fully saturated rings. The first-order chi connectivity index (χ1) is 8.49. The Kier molecular flexibility index (Phi) is 3.41. The minimum Gasteiger partial charge on any atom is -0.388 e. The second-order valence-corrected chi connectivity index (χ2v) is 3.97. The maximum absolute atomic E-state index is 11.7. The normalized spacial score (nSPS) is 27.2. The number of nitrogens with zero attached hydrogens (tertiary/aromatic N) is 2. The summed E-state index contributed by atoms with van der Waals surface area (Å²) >= 11 is 0. The number of ether oxygens (including phenoxy) is 1. The van der Waals surface area contributed by atoms with Gasteiger partial charge in [0.25, 0.3) is 0 Å². The summed E-state index contributed by atoms with van der Waals surface area (Å²) in [5.74, 6) is -0.219. The molecule has 2 rings (SSSR count). The van der Waals surface area contributed by atoms with E-state index in [2.05, 4.69) is 10.3 Å². The lowest BCUT2D eigenvalue weighted by Crippen LogP contribution is -2.35. The molecule has 1 aromatic heterocycles. The van der Waals surface area contributed by atoms with E-state index in [9.17, 15) is 19.8 Å². The SMILES string of the molecule is CC(=O)Nc1ccn([C@@H]2OC[C@H](O)[C@H]2O)c(=O)n1. The smallest absolute Gasteiger partial charge is 0.351 e.